The van der Waals surface area contributed by atoms with Crippen LogP contribution in [0, 0.1) is 11.3 Å². The van der Waals surface area contributed by atoms with Crippen molar-refractivity contribution in [3.05, 3.63) is 0 Å². The molecule has 0 saturated carbocycles. The summed E-state index contributed by atoms with van der Waals surface area (Å²) < 4.78 is 13.9. The Kier molecular flexibility index (Phi) is 7.11. The topological polar surface area (TPSA) is 78.9 Å². The van der Waals surface area contributed by atoms with Gasteiger partial charge in [-0.05, 0) is 11.8 Å². The van der Waals surface area contributed by atoms with Crippen LogP contribution in [0.5, 0.6) is 0 Å². The molecular formula is C13H22O6. The molecule has 6 nitrogen and oxygen atoms in total. The zero-order chi connectivity index (χ0) is 15.1. The molecule has 0 spiro atoms. The van der Waals surface area contributed by atoms with Crippen molar-refractivity contribution < 1.29 is 28.6 Å². The number of hydrogen-bond acceptors (Lipinski definition) is 6. The van der Waals surface area contributed by atoms with Crippen LogP contribution < -0.4 is 0 Å². The van der Waals surface area contributed by atoms with E-state index in [1.54, 1.807) is 13.8 Å². The maximum Gasteiger partial charge on any atom is 0.309 e. The smallest absolute Gasteiger partial charge is 0.309 e. The molecular weight excluding hydrogens is 252 g/mol. The highest BCUT2D eigenvalue weighted by Crippen LogP contribution is 2.35. The second kappa shape index (κ2) is 7.76. The maximum absolute atomic E-state index is 11.8. The molecule has 0 aromatic rings. The predicted octanol–water partition coefficient (Wildman–Crippen LogP) is 1.32. The molecule has 0 N–H and O–H groups in total. The van der Waals surface area contributed by atoms with Gasteiger partial charge in [-0.3, -0.25) is 14.4 Å². The Morgan fingerprint density at radius 3 is 1.89 bits per heavy atom. The number of carbonyl (C=O) groups excluding carboxylic acids is 3. The summed E-state index contributed by atoms with van der Waals surface area (Å²) in [7, 11) is 3.86. The molecule has 0 aromatic heterocycles. The number of hydrogen-bond donors (Lipinski definition) is 0. The number of rotatable bonds is 7. The molecule has 0 unspecified atom stereocenters. The van der Waals surface area contributed by atoms with E-state index >= 15 is 0 Å². The van der Waals surface area contributed by atoms with Crippen LogP contribution in [-0.4, -0.2) is 39.2 Å². The highest BCUT2D eigenvalue weighted by molar-refractivity contribution is 5.77. The van der Waals surface area contributed by atoms with Gasteiger partial charge in [-0.15, -0.1) is 0 Å². The first-order chi connectivity index (χ1) is 8.78. The number of carbonyl (C=O) groups is 3. The largest absolute Gasteiger partial charge is 0.469 e. The predicted molar refractivity (Wildman–Crippen MR) is 67.2 cm³/mol. The van der Waals surface area contributed by atoms with E-state index < -0.39 is 29.2 Å². The summed E-state index contributed by atoms with van der Waals surface area (Å²) in [5.41, 5.74) is -0.659. The van der Waals surface area contributed by atoms with Gasteiger partial charge in [-0.2, -0.15) is 0 Å². The van der Waals surface area contributed by atoms with Gasteiger partial charge in [0.05, 0.1) is 33.7 Å². The second-order valence-corrected chi connectivity index (χ2v) is 4.93. The van der Waals surface area contributed by atoms with Crippen LogP contribution in [0.15, 0.2) is 0 Å². The molecule has 1 atom stereocenters. The van der Waals surface area contributed by atoms with E-state index in [0.29, 0.717) is 0 Å². The minimum atomic E-state index is -0.659. The minimum Gasteiger partial charge on any atom is -0.469 e. The molecule has 0 aromatic carbocycles. The van der Waals surface area contributed by atoms with Crippen molar-refractivity contribution in [3.63, 3.8) is 0 Å². The van der Waals surface area contributed by atoms with Crippen molar-refractivity contribution in [3.8, 4) is 0 Å². The van der Waals surface area contributed by atoms with Crippen molar-refractivity contribution in [2.75, 3.05) is 21.3 Å². The summed E-state index contributed by atoms with van der Waals surface area (Å²) in [4.78, 5) is 34.3. The van der Waals surface area contributed by atoms with Crippen LogP contribution in [0.25, 0.3) is 0 Å². The molecule has 0 aliphatic heterocycles. The zero-order valence-electron chi connectivity index (χ0n) is 12.1. The lowest BCUT2D eigenvalue weighted by Gasteiger charge is -2.31. The average Bonchev–Trinajstić information content (AvgIpc) is 2.37. The standard InChI is InChI=1S/C13H22O6/c1-13(2,8-11(15)18-4)9(12(16)19-5)6-7-10(14)17-3/h9H,6-8H2,1-5H3/t9-/m1/s1. The molecule has 0 saturated heterocycles. The van der Waals surface area contributed by atoms with Crippen LogP contribution in [0.3, 0.4) is 0 Å². The van der Waals surface area contributed by atoms with Crippen LogP contribution in [0.2, 0.25) is 0 Å². The number of methoxy groups -OCH3 is 3. The maximum atomic E-state index is 11.8. The van der Waals surface area contributed by atoms with Crippen LogP contribution in [-0.2, 0) is 28.6 Å². The Morgan fingerprint density at radius 2 is 1.47 bits per heavy atom. The van der Waals surface area contributed by atoms with Crippen LogP contribution in [0.1, 0.15) is 33.1 Å². The minimum absolute atomic E-state index is 0.0738. The number of ether oxygens (including phenoxy) is 3. The SMILES string of the molecule is COC(=O)CC[C@H](C(=O)OC)C(C)(C)CC(=O)OC. The fraction of sp³-hybridized carbons (Fsp3) is 0.769. The monoisotopic (exact) mass is 274 g/mol. The Morgan fingerprint density at radius 1 is 0.947 bits per heavy atom. The molecule has 0 aliphatic carbocycles. The van der Waals surface area contributed by atoms with E-state index in [9.17, 15) is 14.4 Å². The third-order valence-electron chi connectivity index (χ3n) is 3.12. The normalized spacial score (nSPS) is 12.5. The van der Waals surface area contributed by atoms with Crippen molar-refractivity contribution in [1.29, 1.82) is 0 Å². The highest BCUT2D eigenvalue weighted by atomic mass is 16.5. The van der Waals surface area contributed by atoms with Crippen LogP contribution >= 0.6 is 0 Å². The lowest BCUT2D eigenvalue weighted by molar-refractivity contribution is -0.153. The quantitative estimate of drug-likeness (QED) is 0.514. The first kappa shape index (κ1) is 17.4. The third kappa shape index (κ3) is 5.72. The van der Waals surface area contributed by atoms with Gasteiger partial charge in [-0.1, -0.05) is 13.8 Å². The van der Waals surface area contributed by atoms with Gasteiger partial charge in [0, 0.05) is 6.42 Å². The van der Waals surface area contributed by atoms with E-state index in [2.05, 4.69) is 9.47 Å². The molecule has 19 heavy (non-hydrogen) atoms. The van der Waals surface area contributed by atoms with Gasteiger partial charge in [0.25, 0.3) is 0 Å². The van der Waals surface area contributed by atoms with E-state index in [0.717, 1.165) is 0 Å². The van der Waals surface area contributed by atoms with Gasteiger partial charge < -0.3 is 14.2 Å². The lowest BCUT2D eigenvalue weighted by atomic mass is 9.74. The summed E-state index contributed by atoms with van der Waals surface area (Å²) in [6, 6.07) is 0. The van der Waals surface area contributed by atoms with Gasteiger partial charge in [0.2, 0.25) is 0 Å². The van der Waals surface area contributed by atoms with E-state index in [-0.39, 0.29) is 19.3 Å². The fourth-order valence-corrected chi connectivity index (χ4v) is 1.90. The molecule has 0 heterocycles. The van der Waals surface area contributed by atoms with Crippen molar-refractivity contribution in [2.24, 2.45) is 11.3 Å². The first-order valence-electron chi connectivity index (χ1n) is 6.00. The summed E-state index contributed by atoms with van der Waals surface area (Å²) in [5, 5.41) is 0. The first-order valence-corrected chi connectivity index (χ1v) is 6.00. The molecule has 0 fully saturated rings. The summed E-state index contributed by atoms with van der Waals surface area (Å²) in [5.74, 6) is -1.83. The van der Waals surface area contributed by atoms with Gasteiger partial charge in [0.1, 0.15) is 0 Å². The molecule has 6 heteroatoms. The Balaban J connectivity index is 4.86. The van der Waals surface area contributed by atoms with Gasteiger partial charge in [0.15, 0.2) is 0 Å². The Labute approximate surface area is 113 Å². The van der Waals surface area contributed by atoms with Crippen LogP contribution in [0.4, 0.5) is 0 Å². The zero-order valence-corrected chi connectivity index (χ0v) is 12.1. The van der Waals surface area contributed by atoms with Crippen molar-refractivity contribution in [1.82, 2.24) is 0 Å². The fourth-order valence-electron chi connectivity index (χ4n) is 1.90. The molecule has 110 valence electrons. The Bertz CT molecular complexity index is 334. The summed E-state index contributed by atoms with van der Waals surface area (Å²) in [6.45, 7) is 3.53. The van der Waals surface area contributed by atoms with E-state index in [1.165, 1.54) is 21.3 Å². The summed E-state index contributed by atoms with van der Waals surface area (Å²) in [6.07, 6.45) is 0.439. The molecule has 0 aliphatic rings. The Hall–Kier alpha value is -1.59. The van der Waals surface area contributed by atoms with E-state index in [4.69, 9.17) is 4.74 Å². The highest BCUT2D eigenvalue weighted by Gasteiger charge is 2.38. The molecule has 0 radical (unpaired) electrons. The third-order valence-corrected chi connectivity index (χ3v) is 3.12. The lowest BCUT2D eigenvalue weighted by Crippen LogP contribution is -2.34. The second-order valence-electron chi connectivity index (χ2n) is 4.93. The van der Waals surface area contributed by atoms with Crippen molar-refractivity contribution in [2.45, 2.75) is 33.1 Å². The molecule has 0 rings (SSSR count). The van der Waals surface area contributed by atoms with E-state index in [1.807, 2.05) is 0 Å². The molecule has 0 amide bonds. The van der Waals surface area contributed by atoms with Gasteiger partial charge >= 0.3 is 17.9 Å². The van der Waals surface area contributed by atoms with Gasteiger partial charge in [-0.25, -0.2) is 0 Å². The number of esters is 3. The average molecular weight is 274 g/mol. The molecule has 0 bridgehead atoms. The van der Waals surface area contributed by atoms with Crippen molar-refractivity contribution >= 4 is 17.9 Å². The summed E-state index contributed by atoms with van der Waals surface area (Å²) >= 11 is 0.